The Bertz CT molecular complexity index is 455. The van der Waals surface area contributed by atoms with Crippen LogP contribution in [0.25, 0.3) is 0 Å². The Morgan fingerprint density at radius 1 is 1.22 bits per heavy atom. The third-order valence-electron chi connectivity index (χ3n) is 2.76. The number of hydrogen-bond acceptors (Lipinski definition) is 1. The number of hydrogen-bond donors (Lipinski definition) is 1. The van der Waals surface area contributed by atoms with E-state index >= 15 is 0 Å². The summed E-state index contributed by atoms with van der Waals surface area (Å²) in [5.41, 5.74) is 3.71. The van der Waals surface area contributed by atoms with Crippen molar-refractivity contribution < 1.29 is 5.11 Å². The van der Waals surface area contributed by atoms with Crippen LogP contribution in [0.15, 0.2) is 18.2 Å². The van der Waals surface area contributed by atoms with Crippen LogP contribution in [0.5, 0.6) is 0 Å². The zero-order valence-corrected chi connectivity index (χ0v) is 12.2. The van der Waals surface area contributed by atoms with Gasteiger partial charge in [-0.25, -0.2) is 0 Å². The molecule has 0 radical (unpaired) electrons. The summed E-state index contributed by atoms with van der Waals surface area (Å²) in [7, 11) is 0. The van der Waals surface area contributed by atoms with Crippen molar-refractivity contribution in [2.45, 2.75) is 53.6 Å². The van der Waals surface area contributed by atoms with Gasteiger partial charge < -0.3 is 5.11 Å². The van der Waals surface area contributed by atoms with E-state index in [1.54, 1.807) is 0 Å². The van der Waals surface area contributed by atoms with Crippen molar-refractivity contribution in [3.8, 4) is 11.8 Å². The molecule has 0 aliphatic rings. The van der Waals surface area contributed by atoms with Crippen molar-refractivity contribution in [2.24, 2.45) is 5.41 Å². The third kappa shape index (κ3) is 5.38. The van der Waals surface area contributed by atoms with Crippen LogP contribution >= 0.6 is 0 Å². The standard InChI is InChI=1S/C17H24O/c1-13-8-9-14(2)15(11-13)12-16(18)7-6-10-17(3,4)5/h8-9,11,16,18H,7,12H2,1-5H3. The van der Waals surface area contributed by atoms with Crippen LogP contribution in [0.3, 0.4) is 0 Å². The van der Waals surface area contributed by atoms with Gasteiger partial charge in [-0.1, -0.05) is 29.7 Å². The van der Waals surface area contributed by atoms with Crippen molar-refractivity contribution in [3.05, 3.63) is 34.9 Å². The Balaban J connectivity index is 2.61. The molecule has 1 unspecified atom stereocenters. The Morgan fingerprint density at radius 3 is 2.50 bits per heavy atom. The maximum absolute atomic E-state index is 10.0. The highest BCUT2D eigenvalue weighted by atomic mass is 16.3. The van der Waals surface area contributed by atoms with E-state index < -0.39 is 0 Å². The molecule has 0 saturated carbocycles. The molecule has 1 aromatic rings. The SMILES string of the molecule is Cc1ccc(C)c(CC(O)CC#CC(C)(C)C)c1. The lowest BCUT2D eigenvalue weighted by Gasteiger charge is -2.11. The first-order valence-electron chi connectivity index (χ1n) is 6.52. The first-order valence-corrected chi connectivity index (χ1v) is 6.52. The predicted octanol–water partition coefficient (Wildman–Crippen LogP) is 3.65. The van der Waals surface area contributed by atoms with E-state index in [9.17, 15) is 5.11 Å². The van der Waals surface area contributed by atoms with Crippen LogP contribution < -0.4 is 0 Å². The Hall–Kier alpha value is -1.26. The van der Waals surface area contributed by atoms with Gasteiger partial charge in [0.15, 0.2) is 0 Å². The summed E-state index contributed by atoms with van der Waals surface area (Å²) in [5, 5.41) is 10.0. The molecule has 0 spiro atoms. The molecule has 0 aliphatic heterocycles. The Morgan fingerprint density at radius 2 is 1.89 bits per heavy atom. The van der Waals surface area contributed by atoms with Crippen LogP contribution in [0.2, 0.25) is 0 Å². The number of rotatable bonds is 3. The minimum Gasteiger partial charge on any atom is -0.392 e. The fourth-order valence-corrected chi connectivity index (χ4v) is 1.78. The predicted molar refractivity (Wildman–Crippen MR) is 77.5 cm³/mol. The first-order chi connectivity index (χ1) is 8.28. The van der Waals surface area contributed by atoms with Crippen molar-refractivity contribution >= 4 is 0 Å². The van der Waals surface area contributed by atoms with Crippen LogP contribution in [0.1, 0.15) is 43.9 Å². The van der Waals surface area contributed by atoms with E-state index in [1.807, 2.05) is 0 Å². The molecule has 0 bridgehead atoms. The van der Waals surface area contributed by atoms with Gasteiger partial charge in [0.05, 0.1) is 6.10 Å². The van der Waals surface area contributed by atoms with Crippen LogP contribution in [0, 0.1) is 31.1 Å². The molecule has 0 saturated heterocycles. The maximum Gasteiger partial charge on any atom is 0.0689 e. The quantitative estimate of drug-likeness (QED) is 0.805. The molecule has 18 heavy (non-hydrogen) atoms. The zero-order chi connectivity index (χ0) is 13.8. The summed E-state index contributed by atoms with van der Waals surface area (Å²) in [5.74, 6) is 6.23. The van der Waals surface area contributed by atoms with Crippen molar-refractivity contribution in [2.75, 3.05) is 0 Å². The number of aliphatic hydroxyl groups excluding tert-OH is 1. The minimum atomic E-state index is -0.375. The van der Waals surface area contributed by atoms with Gasteiger partial charge in [-0.15, -0.1) is 5.92 Å². The topological polar surface area (TPSA) is 20.2 Å². The lowest BCUT2D eigenvalue weighted by molar-refractivity contribution is 0.180. The Labute approximate surface area is 111 Å². The lowest BCUT2D eigenvalue weighted by Crippen LogP contribution is -2.11. The largest absolute Gasteiger partial charge is 0.392 e. The second-order valence-electron chi connectivity index (χ2n) is 6.04. The summed E-state index contributed by atoms with van der Waals surface area (Å²) >= 11 is 0. The molecule has 1 aromatic carbocycles. The van der Waals surface area contributed by atoms with E-state index in [-0.39, 0.29) is 11.5 Å². The van der Waals surface area contributed by atoms with Crippen LogP contribution in [-0.4, -0.2) is 11.2 Å². The monoisotopic (exact) mass is 244 g/mol. The van der Waals surface area contributed by atoms with E-state index in [4.69, 9.17) is 0 Å². The highest BCUT2D eigenvalue weighted by Gasteiger charge is 2.08. The van der Waals surface area contributed by atoms with E-state index in [0.717, 1.165) is 0 Å². The molecule has 0 aromatic heterocycles. The lowest BCUT2D eigenvalue weighted by atomic mass is 9.96. The van der Waals surface area contributed by atoms with Gasteiger partial charge >= 0.3 is 0 Å². The van der Waals surface area contributed by atoms with Crippen molar-refractivity contribution in [3.63, 3.8) is 0 Å². The third-order valence-corrected chi connectivity index (χ3v) is 2.76. The highest BCUT2D eigenvalue weighted by Crippen LogP contribution is 2.14. The van der Waals surface area contributed by atoms with Gasteiger partial charge in [0.1, 0.15) is 0 Å². The van der Waals surface area contributed by atoms with Gasteiger partial charge in [0, 0.05) is 11.8 Å². The van der Waals surface area contributed by atoms with E-state index in [1.165, 1.54) is 16.7 Å². The smallest absolute Gasteiger partial charge is 0.0689 e. The van der Waals surface area contributed by atoms with E-state index in [0.29, 0.717) is 12.8 Å². The van der Waals surface area contributed by atoms with Gasteiger partial charge in [0.25, 0.3) is 0 Å². The second-order valence-corrected chi connectivity index (χ2v) is 6.04. The Kier molecular flexibility index (Phi) is 4.99. The van der Waals surface area contributed by atoms with Gasteiger partial charge in [0.2, 0.25) is 0 Å². The fourth-order valence-electron chi connectivity index (χ4n) is 1.78. The first kappa shape index (κ1) is 14.8. The maximum atomic E-state index is 10.0. The molecule has 1 atom stereocenters. The number of aliphatic hydroxyl groups is 1. The zero-order valence-electron chi connectivity index (χ0n) is 12.2. The van der Waals surface area contributed by atoms with Crippen LogP contribution in [-0.2, 0) is 6.42 Å². The molecule has 1 nitrogen and oxygen atoms in total. The summed E-state index contributed by atoms with van der Waals surface area (Å²) in [6, 6.07) is 6.36. The number of benzene rings is 1. The molecular formula is C17H24O. The molecule has 0 amide bonds. The summed E-state index contributed by atoms with van der Waals surface area (Å²) in [6.45, 7) is 10.4. The average molecular weight is 244 g/mol. The average Bonchev–Trinajstić information content (AvgIpc) is 2.21. The van der Waals surface area contributed by atoms with Crippen molar-refractivity contribution in [1.29, 1.82) is 0 Å². The summed E-state index contributed by atoms with van der Waals surface area (Å²) < 4.78 is 0. The second kappa shape index (κ2) is 6.07. The molecule has 0 aliphatic carbocycles. The van der Waals surface area contributed by atoms with E-state index in [2.05, 4.69) is 64.7 Å². The molecule has 98 valence electrons. The molecule has 0 heterocycles. The molecular weight excluding hydrogens is 220 g/mol. The summed E-state index contributed by atoms with van der Waals surface area (Å²) in [6.07, 6.45) is 0.858. The molecule has 1 heteroatoms. The normalized spacial score (nSPS) is 12.8. The van der Waals surface area contributed by atoms with Gasteiger partial charge in [-0.3, -0.25) is 0 Å². The fraction of sp³-hybridized carbons (Fsp3) is 0.529. The van der Waals surface area contributed by atoms with Crippen molar-refractivity contribution in [1.82, 2.24) is 0 Å². The van der Waals surface area contributed by atoms with Crippen LogP contribution in [0.4, 0.5) is 0 Å². The highest BCUT2D eigenvalue weighted by molar-refractivity contribution is 5.31. The summed E-state index contributed by atoms with van der Waals surface area (Å²) in [4.78, 5) is 0. The number of aryl methyl sites for hydroxylation is 2. The van der Waals surface area contributed by atoms with Gasteiger partial charge in [-0.2, -0.15) is 0 Å². The van der Waals surface area contributed by atoms with Gasteiger partial charge in [-0.05, 0) is 52.2 Å². The molecule has 1 N–H and O–H groups in total. The molecule has 1 rings (SSSR count). The molecule has 0 fully saturated rings. The minimum absolute atomic E-state index is 0.0129.